The number of carbonyl (C=O) groups is 1. The third-order valence-corrected chi connectivity index (χ3v) is 4.75. The number of amides is 1. The van der Waals surface area contributed by atoms with Crippen molar-refractivity contribution in [1.82, 2.24) is 10.2 Å². The van der Waals surface area contributed by atoms with Gasteiger partial charge in [0.05, 0.1) is 5.56 Å². The number of halogens is 2. The number of hydrogen-bond acceptors (Lipinski definition) is 3. The van der Waals surface area contributed by atoms with Crippen LogP contribution in [0.2, 0.25) is 0 Å². The highest BCUT2D eigenvalue weighted by Crippen LogP contribution is 2.21. The Hall–Kier alpha value is -2.47. The lowest BCUT2D eigenvalue weighted by Gasteiger charge is -2.27. The standard InChI is InChI=1S/C21H24F2N2O2/c22-21(23)27-19-11-5-4-10-18(19)20(26)24-14-16-8-2-3-9-17(16)15-25-12-6-1-7-13-25/h2-5,8-11,21H,1,6-7,12-15H2,(H,24,26). The van der Waals surface area contributed by atoms with Gasteiger partial charge < -0.3 is 10.1 Å². The Kier molecular flexibility index (Phi) is 6.76. The van der Waals surface area contributed by atoms with Crippen molar-refractivity contribution in [2.24, 2.45) is 0 Å². The summed E-state index contributed by atoms with van der Waals surface area (Å²) in [5, 5.41) is 2.82. The number of nitrogens with one attached hydrogen (secondary N) is 1. The molecule has 0 bridgehead atoms. The van der Waals surface area contributed by atoms with Gasteiger partial charge in [0.2, 0.25) is 0 Å². The van der Waals surface area contributed by atoms with Gasteiger partial charge in [0, 0.05) is 13.1 Å². The number of hydrogen-bond donors (Lipinski definition) is 1. The topological polar surface area (TPSA) is 41.6 Å². The zero-order valence-electron chi connectivity index (χ0n) is 15.2. The van der Waals surface area contributed by atoms with E-state index in [1.165, 1.54) is 37.0 Å². The number of para-hydroxylation sites is 1. The van der Waals surface area contributed by atoms with Crippen LogP contribution in [0.1, 0.15) is 40.7 Å². The number of likely N-dealkylation sites (tertiary alicyclic amines) is 1. The maximum Gasteiger partial charge on any atom is 0.387 e. The molecule has 0 unspecified atom stereocenters. The van der Waals surface area contributed by atoms with Crippen LogP contribution in [0.25, 0.3) is 0 Å². The Morgan fingerprint density at radius 3 is 2.41 bits per heavy atom. The minimum Gasteiger partial charge on any atom is -0.434 e. The van der Waals surface area contributed by atoms with Gasteiger partial charge in [0.25, 0.3) is 5.91 Å². The number of benzene rings is 2. The summed E-state index contributed by atoms with van der Waals surface area (Å²) in [4.78, 5) is 14.9. The van der Waals surface area contributed by atoms with Crippen LogP contribution in [0.3, 0.4) is 0 Å². The van der Waals surface area contributed by atoms with Gasteiger partial charge in [-0.15, -0.1) is 0 Å². The second-order valence-electron chi connectivity index (χ2n) is 6.66. The first-order valence-corrected chi connectivity index (χ1v) is 9.24. The highest BCUT2D eigenvalue weighted by Gasteiger charge is 2.16. The molecule has 144 valence electrons. The summed E-state index contributed by atoms with van der Waals surface area (Å²) >= 11 is 0. The first kappa shape index (κ1) is 19.3. The quantitative estimate of drug-likeness (QED) is 0.790. The summed E-state index contributed by atoms with van der Waals surface area (Å²) in [5.41, 5.74) is 2.31. The van der Waals surface area contributed by atoms with Crippen LogP contribution in [0.5, 0.6) is 5.75 Å². The summed E-state index contributed by atoms with van der Waals surface area (Å²) in [6.45, 7) is 0.422. The minimum absolute atomic E-state index is 0.103. The Balaban J connectivity index is 1.66. The van der Waals surface area contributed by atoms with Gasteiger partial charge in [-0.05, 0) is 49.2 Å². The number of piperidine rings is 1. The second kappa shape index (κ2) is 9.46. The summed E-state index contributed by atoms with van der Waals surface area (Å²) in [5.74, 6) is -0.550. The molecule has 1 amide bonds. The van der Waals surface area contributed by atoms with Crippen LogP contribution >= 0.6 is 0 Å². The maximum atomic E-state index is 12.5. The molecular formula is C21H24F2N2O2. The zero-order valence-corrected chi connectivity index (χ0v) is 15.2. The molecule has 0 atom stereocenters. The van der Waals surface area contributed by atoms with Gasteiger partial charge in [0.1, 0.15) is 5.75 Å². The molecule has 1 heterocycles. The van der Waals surface area contributed by atoms with Gasteiger partial charge in [0.15, 0.2) is 0 Å². The maximum absolute atomic E-state index is 12.5. The molecule has 0 aliphatic carbocycles. The molecule has 2 aromatic rings. The van der Waals surface area contributed by atoms with Crippen molar-refractivity contribution in [3.8, 4) is 5.75 Å². The molecule has 3 rings (SSSR count). The van der Waals surface area contributed by atoms with E-state index in [0.717, 1.165) is 25.2 Å². The largest absolute Gasteiger partial charge is 0.434 e. The van der Waals surface area contributed by atoms with Crippen molar-refractivity contribution < 1.29 is 18.3 Å². The van der Waals surface area contributed by atoms with Crippen molar-refractivity contribution >= 4 is 5.91 Å². The van der Waals surface area contributed by atoms with Gasteiger partial charge in [-0.1, -0.05) is 42.8 Å². The third-order valence-electron chi connectivity index (χ3n) is 4.75. The fourth-order valence-electron chi connectivity index (χ4n) is 3.37. The van der Waals surface area contributed by atoms with Gasteiger partial charge in [-0.25, -0.2) is 0 Å². The van der Waals surface area contributed by atoms with Crippen molar-refractivity contribution in [3.05, 3.63) is 65.2 Å². The van der Waals surface area contributed by atoms with Gasteiger partial charge >= 0.3 is 6.61 Å². The van der Waals surface area contributed by atoms with E-state index in [9.17, 15) is 13.6 Å². The highest BCUT2D eigenvalue weighted by molar-refractivity contribution is 5.96. The van der Waals surface area contributed by atoms with E-state index >= 15 is 0 Å². The van der Waals surface area contributed by atoms with Crippen molar-refractivity contribution in [1.29, 1.82) is 0 Å². The molecule has 6 heteroatoms. The molecule has 1 aliphatic heterocycles. The fraction of sp³-hybridized carbons (Fsp3) is 0.381. The predicted molar refractivity (Wildman–Crippen MR) is 99.8 cm³/mol. The molecule has 4 nitrogen and oxygen atoms in total. The Morgan fingerprint density at radius 1 is 1.00 bits per heavy atom. The van der Waals surface area contributed by atoms with E-state index < -0.39 is 12.5 Å². The van der Waals surface area contributed by atoms with Crippen LogP contribution in [0.15, 0.2) is 48.5 Å². The third kappa shape index (κ3) is 5.50. The number of nitrogens with zero attached hydrogens (tertiary/aromatic N) is 1. The fourth-order valence-corrected chi connectivity index (χ4v) is 3.37. The van der Waals surface area contributed by atoms with Gasteiger partial charge in [-0.3, -0.25) is 9.69 Å². The van der Waals surface area contributed by atoms with Crippen LogP contribution in [-0.4, -0.2) is 30.5 Å². The van der Waals surface area contributed by atoms with E-state index in [1.807, 2.05) is 18.2 Å². The molecule has 0 radical (unpaired) electrons. The van der Waals surface area contributed by atoms with Crippen LogP contribution in [-0.2, 0) is 13.1 Å². The molecule has 1 fully saturated rings. The zero-order chi connectivity index (χ0) is 19.1. The molecule has 1 saturated heterocycles. The molecule has 27 heavy (non-hydrogen) atoms. The van der Waals surface area contributed by atoms with E-state index in [1.54, 1.807) is 12.1 Å². The SMILES string of the molecule is O=C(NCc1ccccc1CN1CCCCC1)c1ccccc1OC(F)F. The minimum atomic E-state index is -2.97. The first-order valence-electron chi connectivity index (χ1n) is 9.24. The Labute approximate surface area is 158 Å². The molecular weight excluding hydrogens is 350 g/mol. The lowest BCUT2D eigenvalue weighted by Crippen LogP contribution is -2.30. The normalized spacial score (nSPS) is 14.9. The van der Waals surface area contributed by atoms with Gasteiger partial charge in [-0.2, -0.15) is 8.78 Å². The Morgan fingerprint density at radius 2 is 1.67 bits per heavy atom. The van der Waals surface area contributed by atoms with E-state index in [2.05, 4.69) is 21.0 Å². The molecule has 0 saturated carbocycles. The monoisotopic (exact) mass is 374 g/mol. The molecule has 1 aliphatic rings. The number of ether oxygens (including phenoxy) is 1. The number of alkyl halides is 2. The molecule has 0 spiro atoms. The van der Waals surface area contributed by atoms with Crippen molar-refractivity contribution in [2.45, 2.75) is 39.0 Å². The lowest BCUT2D eigenvalue weighted by molar-refractivity contribution is -0.0501. The van der Waals surface area contributed by atoms with Crippen LogP contribution in [0.4, 0.5) is 8.78 Å². The van der Waals surface area contributed by atoms with Crippen LogP contribution in [0, 0.1) is 0 Å². The number of carbonyl (C=O) groups excluding carboxylic acids is 1. The summed E-state index contributed by atoms with van der Waals surface area (Å²) < 4.78 is 29.5. The molecule has 1 N–H and O–H groups in total. The lowest BCUT2D eigenvalue weighted by atomic mass is 10.0. The van der Waals surface area contributed by atoms with Crippen LogP contribution < -0.4 is 10.1 Å². The van der Waals surface area contributed by atoms with E-state index in [-0.39, 0.29) is 11.3 Å². The summed E-state index contributed by atoms with van der Waals surface area (Å²) in [6, 6.07) is 14.0. The van der Waals surface area contributed by atoms with E-state index in [4.69, 9.17) is 0 Å². The number of rotatable bonds is 7. The molecule has 2 aromatic carbocycles. The smallest absolute Gasteiger partial charge is 0.387 e. The average molecular weight is 374 g/mol. The summed E-state index contributed by atoms with van der Waals surface area (Å²) in [6.07, 6.45) is 3.73. The molecule has 0 aromatic heterocycles. The van der Waals surface area contributed by atoms with Crippen molar-refractivity contribution in [3.63, 3.8) is 0 Å². The summed E-state index contributed by atoms with van der Waals surface area (Å²) in [7, 11) is 0. The van der Waals surface area contributed by atoms with Crippen molar-refractivity contribution in [2.75, 3.05) is 13.1 Å². The average Bonchev–Trinajstić information content (AvgIpc) is 2.68. The first-order chi connectivity index (χ1) is 13.1. The second-order valence-corrected chi connectivity index (χ2v) is 6.66. The highest BCUT2D eigenvalue weighted by atomic mass is 19.3. The Bertz CT molecular complexity index is 761. The van der Waals surface area contributed by atoms with E-state index in [0.29, 0.717) is 6.54 Å². The predicted octanol–water partition coefficient (Wildman–Crippen LogP) is 4.20.